The minimum absolute atomic E-state index is 0.0194. The third-order valence-corrected chi connectivity index (χ3v) is 2.18. The number of nitrogens with two attached hydrogens (primary N) is 3. The van der Waals surface area contributed by atoms with E-state index >= 15 is 0 Å². The molecular formula is C9H16N4O2. The van der Waals surface area contributed by atoms with Crippen molar-refractivity contribution in [3.05, 3.63) is 11.3 Å². The molecule has 0 bridgehead atoms. The van der Waals surface area contributed by atoms with E-state index in [9.17, 15) is 5.11 Å². The van der Waals surface area contributed by atoms with E-state index in [-0.39, 0.29) is 23.2 Å². The summed E-state index contributed by atoms with van der Waals surface area (Å²) < 4.78 is 4.88. The summed E-state index contributed by atoms with van der Waals surface area (Å²) in [5.74, 6) is -0.689. The Hall–Kier alpha value is -1.69. The largest absolute Gasteiger partial charge is 0.480 e. The minimum Gasteiger partial charge on any atom is -0.480 e. The molecule has 84 valence electrons. The van der Waals surface area contributed by atoms with Gasteiger partial charge in [0.15, 0.2) is 11.6 Å². The molecule has 1 atom stereocenters. The first-order valence-electron chi connectivity index (χ1n) is 4.70. The van der Waals surface area contributed by atoms with Crippen molar-refractivity contribution >= 4 is 11.5 Å². The molecule has 0 amide bonds. The Morgan fingerprint density at radius 2 is 2.20 bits per heavy atom. The highest BCUT2D eigenvalue weighted by Crippen LogP contribution is 2.36. The smallest absolute Gasteiger partial charge is 0.289 e. The number of nitrogens with one attached hydrogen (secondary N) is 1. The number of amidine groups is 1. The lowest BCUT2D eigenvalue weighted by Crippen LogP contribution is -2.14. The lowest BCUT2D eigenvalue weighted by molar-refractivity contribution is 0.322. The van der Waals surface area contributed by atoms with Gasteiger partial charge in [-0.25, -0.2) is 0 Å². The first-order valence-corrected chi connectivity index (χ1v) is 4.70. The molecular weight excluding hydrogens is 196 g/mol. The summed E-state index contributed by atoms with van der Waals surface area (Å²) in [5, 5.41) is 16.7. The van der Waals surface area contributed by atoms with Gasteiger partial charge in [0.25, 0.3) is 5.95 Å². The summed E-state index contributed by atoms with van der Waals surface area (Å²) in [6, 6.07) is -0.396. The van der Waals surface area contributed by atoms with Crippen molar-refractivity contribution in [1.29, 1.82) is 5.41 Å². The van der Waals surface area contributed by atoms with E-state index in [4.69, 9.17) is 27.0 Å². The summed E-state index contributed by atoms with van der Waals surface area (Å²) >= 11 is 0. The molecule has 1 aromatic rings. The molecule has 1 heterocycles. The molecule has 0 aromatic carbocycles. The fourth-order valence-corrected chi connectivity index (χ4v) is 1.46. The zero-order valence-electron chi connectivity index (χ0n) is 8.58. The molecule has 0 aliphatic heterocycles. The Morgan fingerprint density at radius 1 is 1.60 bits per heavy atom. The molecule has 6 heteroatoms. The second kappa shape index (κ2) is 4.22. The summed E-state index contributed by atoms with van der Waals surface area (Å²) in [6.07, 6.45) is 1.54. The van der Waals surface area contributed by atoms with Gasteiger partial charge in [-0.1, -0.05) is 13.3 Å². The maximum atomic E-state index is 9.48. The Morgan fingerprint density at radius 3 is 2.60 bits per heavy atom. The molecule has 0 unspecified atom stereocenters. The standard InChI is InChI=1S/C9H16N4O2/c1-2-3-4(10)5-6(11)7(8(12)13)15-9(5)14/h4,14H,2-3,10-11H2,1H3,(H3,12,13)/t4-/m1/s1. The average Bonchev–Trinajstić information content (AvgIpc) is 2.42. The molecule has 1 rings (SSSR count). The van der Waals surface area contributed by atoms with Crippen LogP contribution in [0, 0.1) is 5.41 Å². The van der Waals surface area contributed by atoms with Crippen molar-refractivity contribution in [3.8, 4) is 5.95 Å². The maximum Gasteiger partial charge on any atom is 0.289 e. The molecule has 0 aliphatic carbocycles. The second-order valence-electron chi connectivity index (χ2n) is 3.37. The van der Waals surface area contributed by atoms with Crippen LogP contribution in [0.25, 0.3) is 0 Å². The molecule has 0 saturated carbocycles. The van der Waals surface area contributed by atoms with Gasteiger partial charge in [-0.2, -0.15) is 0 Å². The van der Waals surface area contributed by atoms with Crippen molar-refractivity contribution in [1.82, 2.24) is 0 Å². The Kier molecular flexibility index (Phi) is 3.21. The van der Waals surface area contributed by atoms with Crippen LogP contribution < -0.4 is 17.2 Å². The highest BCUT2D eigenvalue weighted by atomic mass is 16.5. The van der Waals surface area contributed by atoms with Gasteiger partial charge in [-0.15, -0.1) is 0 Å². The molecule has 0 radical (unpaired) electrons. The number of aromatic hydroxyl groups is 1. The quantitative estimate of drug-likeness (QED) is 0.369. The van der Waals surface area contributed by atoms with Crippen LogP contribution in [-0.2, 0) is 0 Å². The zero-order valence-corrected chi connectivity index (χ0v) is 8.58. The number of rotatable bonds is 4. The topological polar surface area (TPSA) is 135 Å². The molecule has 0 saturated heterocycles. The summed E-state index contributed by atoms with van der Waals surface area (Å²) in [4.78, 5) is 0. The van der Waals surface area contributed by atoms with Crippen LogP contribution in [0.15, 0.2) is 4.42 Å². The maximum absolute atomic E-state index is 9.48. The van der Waals surface area contributed by atoms with Gasteiger partial charge in [0.1, 0.15) is 0 Å². The number of hydrogen-bond acceptors (Lipinski definition) is 5. The molecule has 0 spiro atoms. The molecule has 0 fully saturated rings. The SMILES string of the molecule is CCC[C@@H](N)c1c(O)oc(C(=N)N)c1N. The van der Waals surface area contributed by atoms with E-state index in [0.29, 0.717) is 12.0 Å². The van der Waals surface area contributed by atoms with E-state index < -0.39 is 6.04 Å². The van der Waals surface area contributed by atoms with Gasteiger partial charge in [-0.3, -0.25) is 5.41 Å². The van der Waals surface area contributed by atoms with Gasteiger partial charge in [0, 0.05) is 6.04 Å². The number of hydrogen-bond donors (Lipinski definition) is 5. The van der Waals surface area contributed by atoms with Crippen molar-refractivity contribution in [2.45, 2.75) is 25.8 Å². The Bertz CT molecular complexity index is 372. The Labute approximate surface area is 87.5 Å². The Balaban J connectivity index is 3.13. The lowest BCUT2D eigenvalue weighted by atomic mass is 10.0. The second-order valence-corrected chi connectivity index (χ2v) is 3.37. The average molecular weight is 212 g/mol. The van der Waals surface area contributed by atoms with E-state index in [1.165, 1.54) is 0 Å². The van der Waals surface area contributed by atoms with E-state index in [0.717, 1.165) is 6.42 Å². The lowest BCUT2D eigenvalue weighted by Gasteiger charge is -2.08. The summed E-state index contributed by atoms with van der Waals surface area (Å²) in [6.45, 7) is 1.97. The van der Waals surface area contributed by atoms with Crippen LogP contribution in [-0.4, -0.2) is 10.9 Å². The molecule has 6 nitrogen and oxygen atoms in total. The third-order valence-electron chi connectivity index (χ3n) is 2.18. The fourth-order valence-electron chi connectivity index (χ4n) is 1.46. The first kappa shape index (κ1) is 11.4. The van der Waals surface area contributed by atoms with Crippen molar-refractivity contribution in [2.75, 3.05) is 5.73 Å². The van der Waals surface area contributed by atoms with Crippen LogP contribution in [0.4, 0.5) is 5.69 Å². The highest BCUT2D eigenvalue weighted by molar-refractivity contribution is 5.98. The normalized spacial score (nSPS) is 12.7. The van der Waals surface area contributed by atoms with Gasteiger partial charge >= 0.3 is 0 Å². The van der Waals surface area contributed by atoms with Crippen LogP contribution in [0.5, 0.6) is 5.95 Å². The molecule has 8 N–H and O–H groups in total. The molecule has 15 heavy (non-hydrogen) atoms. The predicted octanol–water partition coefficient (Wildman–Crippen LogP) is 0.651. The highest BCUT2D eigenvalue weighted by Gasteiger charge is 2.23. The number of furan rings is 1. The van der Waals surface area contributed by atoms with Gasteiger partial charge < -0.3 is 26.7 Å². The summed E-state index contributed by atoms with van der Waals surface area (Å²) in [5.41, 5.74) is 17.2. The van der Waals surface area contributed by atoms with Crippen LogP contribution in [0.2, 0.25) is 0 Å². The summed E-state index contributed by atoms with van der Waals surface area (Å²) in [7, 11) is 0. The van der Waals surface area contributed by atoms with E-state index in [1.807, 2.05) is 6.92 Å². The van der Waals surface area contributed by atoms with Gasteiger partial charge in [-0.05, 0) is 6.42 Å². The van der Waals surface area contributed by atoms with E-state index in [2.05, 4.69) is 0 Å². The van der Waals surface area contributed by atoms with Crippen molar-refractivity contribution in [3.63, 3.8) is 0 Å². The predicted molar refractivity (Wildman–Crippen MR) is 57.6 cm³/mol. The monoisotopic (exact) mass is 212 g/mol. The van der Waals surface area contributed by atoms with Crippen LogP contribution >= 0.6 is 0 Å². The van der Waals surface area contributed by atoms with Crippen LogP contribution in [0.1, 0.15) is 37.1 Å². The number of anilines is 1. The first-order chi connectivity index (χ1) is 6.99. The van der Waals surface area contributed by atoms with Gasteiger partial charge in [0.05, 0.1) is 11.3 Å². The third kappa shape index (κ3) is 2.04. The molecule has 0 aliphatic rings. The minimum atomic E-state index is -0.396. The molecule has 1 aromatic heterocycles. The zero-order chi connectivity index (χ0) is 11.6. The van der Waals surface area contributed by atoms with Crippen molar-refractivity contribution in [2.24, 2.45) is 11.5 Å². The van der Waals surface area contributed by atoms with E-state index in [1.54, 1.807) is 0 Å². The fraction of sp³-hybridized carbons (Fsp3) is 0.444. The van der Waals surface area contributed by atoms with Crippen molar-refractivity contribution < 1.29 is 9.52 Å². The van der Waals surface area contributed by atoms with Crippen LogP contribution in [0.3, 0.4) is 0 Å². The number of nitrogen functional groups attached to an aromatic ring is 2. The van der Waals surface area contributed by atoms with Gasteiger partial charge in [0.2, 0.25) is 0 Å².